The number of nitrogens with one attached hydrogen (secondary N) is 2. The number of ether oxygens (including phenoxy) is 1. The zero-order chi connectivity index (χ0) is 20.1. The summed E-state index contributed by atoms with van der Waals surface area (Å²) in [6.45, 7) is 3.56. The fourth-order valence-electron chi connectivity index (χ4n) is 2.39. The van der Waals surface area contributed by atoms with E-state index in [0.29, 0.717) is 15.7 Å². The first-order chi connectivity index (χ1) is 13.5. The number of benzene rings is 2. The van der Waals surface area contributed by atoms with Crippen LogP contribution >= 0.6 is 11.3 Å². The molecule has 1 atom stereocenters. The van der Waals surface area contributed by atoms with E-state index in [1.807, 2.05) is 43.3 Å². The van der Waals surface area contributed by atoms with E-state index in [0.717, 1.165) is 16.9 Å². The Hall–Kier alpha value is -3.26. The number of aromatic nitrogens is 2. The van der Waals surface area contributed by atoms with Gasteiger partial charge in [-0.1, -0.05) is 29.0 Å². The van der Waals surface area contributed by atoms with Gasteiger partial charge in [-0.15, -0.1) is 10.2 Å². The van der Waals surface area contributed by atoms with Gasteiger partial charge in [0.2, 0.25) is 11.0 Å². The first kappa shape index (κ1) is 19.5. The minimum Gasteiger partial charge on any atom is -0.497 e. The first-order valence-electron chi connectivity index (χ1n) is 8.62. The number of hydrogen-bond acceptors (Lipinski definition) is 6. The molecule has 0 bridgehead atoms. The Kier molecular flexibility index (Phi) is 6.00. The topological polar surface area (TPSA) is 93.2 Å². The van der Waals surface area contributed by atoms with Gasteiger partial charge in [0.05, 0.1) is 7.11 Å². The smallest absolute Gasteiger partial charge is 0.251 e. The summed E-state index contributed by atoms with van der Waals surface area (Å²) in [4.78, 5) is 24.6. The van der Waals surface area contributed by atoms with Crippen molar-refractivity contribution in [1.82, 2.24) is 15.5 Å². The van der Waals surface area contributed by atoms with Gasteiger partial charge in [0.1, 0.15) is 16.8 Å². The molecule has 144 valence electrons. The van der Waals surface area contributed by atoms with Gasteiger partial charge < -0.3 is 10.1 Å². The molecule has 1 aromatic heterocycles. The lowest BCUT2D eigenvalue weighted by Gasteiger charge is -2.12. The Morgan fingerprint density at radius 1 is 1.04 bits per heavy atom. The van der Waals surface area contributed by atoms with Crippen molar-refractivity contribution < 1.29 is 14.3 Å². The molecule has 28 heavy (non-hydrogen) atoms. The van der Waals surface area contributed by atoms with E-state index in [1.165, 1.54) is 11.3 Å². The number of carbonyl (C=O) groups is 2. The minimum atomic E-state index is -0.720. The van der Waals surface area contributed by atoms with Crippen molar-refractivity contribution in [2.45, 2.75) is 19.9 Å². The Morgan fingerprint density at radius 2 is 1.71 bits per heavy atom. The average molecular weight is 396 g/mol. The van der Waals surface area contributed by atoms with Crippen molar-refractivity contribution in [3.63, 3.8) is 0 Å². The summed E-state index contributed by atoms with van der Waals surface area (Å²) in [5.74, 6) is 0.0802. The quantitative estimate of drug-likeness (QED) is 0.667. The van der Waals surface area contributed by atoms with Crippen LogP contribution in [-0.2, 0) is 4.79 Å². The van der Waals surface area contributed by atoms with E-state index in [-0.39, 0.29) is 11.8 Å². The number of hydrogen-bond donors (Lipinski definition) is 2. The summed E-state index contributed by atoms with van der Waals surface area (Å²) in [5.41, 5.74) is 2.44. The van der Waals surface area contributed by atoms with Crippen LogP contribution in [0.4, 0.5) is 5.13 Å². The van der Waals surface area contributed by atoms with Crippen LogP contribution in [0.2, 0.25) is 0 Å². The molecular formula is C20H20N4O3S. The van der Waals surface area contributed by atoms with Crippen LogP contribution in [0.15, 0.2) is 48.5 Å². The van der Waals surface area contributed by atoms with Crippen LogP contribution in [0, 0.1) is 6.92 Å². The van der Waals surface area contributed by atoms with Crippen molar-refractivity contribution in [2.75, 3.05) is 12.4 Å². The van der Waals surface area contributed by atoms with Gasteiger partial charge in [-0.05, 0) is 50.2 Å². The molecule has 2 amide bonds. The van der Waals surface area contributed by atoms with Gasteiger partial charge in [-0.2, -0.15) is 0 Å². The summed E-state index contributed by atoms with van der Waals surface area (Å²) in [5, 5.41) is 14.5. The SMILES string of the molecule is COc1ccc(-c2nnc(NC(=O)C(C)NC(=O)c3ccc(C)cc3)s2)cc1. The molecule has 0 radical (unpaired) electrons. The maximum absolute atomic E-state index is 12.4. The highest BCUT2D eigenvalue weighted by Gasteiger charge is 2.18. The second-order valence-electron chi connectivity index (χ2n) is 6.19. The van der Waals surface area contributed by atoms with Gasteiger partial charge >= 0.3 is 0 Å². The van der Waals surface area contributed by atoms with E-state index >= 15 is 0 Å². The largest absolute Gasteiger partial charge is 0.497 e. The molecule has 0 aliphatic rings. The summed E-state index contributed by atoms with van der Waals surface area (Å²) >= 11 is 1.25. The summed E-state index contributed by atoms with van der Waals surface area (Å²) in [6, 6.07) is 13.8. The Balaban J connectivity index is 1.60. The molecule has 0 saturated heterocycles. The number of rotatable bonds is 6. The number of anilines is 1. The summed E-state index contributed by atoms with van der Waals surface area (Å²) in [7, 11) is 1.60. The fourth-order valence-corrected chi connectivity index (χ4v) is 3.14. The molecular weight excluding hydrogens is 376 g/mol. The van der Waals surface area contributed by atoms with Crippen molar-refractivity contribution in [2.24, 2.45) is 0 Å². The number of amides is 2. The molecule has 3 aromatic rings. The van der Waals surface area contributed by atoms with Crippen LogP contribution in [0.25, 0.3) is 10.6 Å². The average Bonchev–Trinajstić information content (AvgIpc) is 3.17. The molecule has 0 aliphatic heterocycles. The molecule has 1 heterocycles. The third-order valence-corrected chi connectivity index (χ3v) is 4.93. The Bertz CT molecular complexity index is 968. The van der Waals surface area contributed by atoms with Crippen molar-refractivity contribution in [3.05, 3.63) is 59.7 Å². The molecule has 1 unspecified atom stereocenters. The van der Waals surface area contributed by atoms with E-state index in [9.17, 15) is 9.59 Å². The van der Waals surface area contributed by atoms with Crippen LogP contribution in [0.1, 0.15) is 22.8 Å². The lowest BCUT2D eigenvalue weighted by molar-refractivity contribution is -0.117. The maximum Gasteiger partial charge on any atom is 0.251 e. The number of nitrogens with zero attached hydrogens (tertiary/aromatic N) is 2. The fraction of sp³-hybridized carbons (Fsp3) is 0.200. The third-order valence-electron chi connectivity index (χ3n) is 4.05. The van der Waals surface area contributed by atoms with Crippen molar-refractivity contribution in [1.29, 1.82) is 0 Å². The summed E-state index contributed by atoms with van der Waals surface area (Å²) < 4.78 is 5.13. The van der Waals surface area contributed by atoms with Gasteiger partial charge in [-0.3, -0.25) is 14.9 Å². The van der Waals surface area contributed by atoms with E-state index in [2.05, 4.69) is 20.8 Å². The van der Waals surface area contributed by atoms with Gasteiger partial charge in [0.15, 0.2) is 0 Å². The van der Waals surface area contributed by atoms with E-state index in [1.54, 1.807) is 26.2 Å². The zero-order valence-electron chi connectivity index (χ0n) is 15.7. The van der Waals surface area contributed by atoms with Crippen LogP contribution in [0.5, 0.6) is 5.75 Å². The summed E-state index contributed by atoms with van der Waals surface area (Å²) in [6.07, 6.45) is 0. The molecule has 2 aromatic carbocycles. The van der Waals surface area contributed by atoms with Gasteiger partial charge in [0, 0.05) is 11.1 Å². The van der Waals surface area contributed by atoms with Gasteiger partial charge in [-0.25, -0.2) is 0 Å². The molecule has 0 aliphatic carbocycles. The van der Waals surface area contributed by atoms with Crippen molar-refractivity contribution in [3.8, 4) is 16.3 Å². The molecule has 3 rings (SSSR count). The van der Waals surface area contributed by atoms with Crippen LogP contribution < -0.4 is 15.4 Å². The maximum atomic E-state index is 12.4. The second-order valence-corrected chi connectivity index (χ2v) is 7.17. The molecule has 0 saturated carbocycles. The van der Waals surface area contributed by atoms with Crippen LogP contribution in [0.3, 0.4) is 0 Å². The number of aryl methyl sites for hydroxylation is 1. The Labute approximate surface area is 166 Å². The number of methoxy groups -OCH3 is 1. The highest BCUT2D eigenvalue weighted by Crippen LogP contribution is 2.27. The normalized spacial score (nSPS) is 11.5. The lowest BCUT2D eigenvalue weighted by atomic mass is 10.1. The molecule has 0 fully saturated rings. The monoisotopic (exact) mass is 396 g/mol. The highest BCUT2D eigenvalue weighted by atomic mass is 32.1. The van der Waals surface area contributed by atoms with Crippen LogP contribution in [-0.4, -0.2) is 35.2 Å². The standard InChI is InChI=1S/C20H20N4O3S/c1-12-4-6-14(7-5-12)18(26)21-13(2)17(25)22-20-24-23-19(28-20)15-8-10-16(27-3)11-9-15/h4-11,13H,1-3H3,(H,21,26)(H,22,24,25). The molecule has 7 nitrogen and oxygen atoms in total. The zero-order valence-corrected chi connectivity index (χ0v) is 16.5. The predicted octanol–water partition coefficient (Wildman–Crippen LogP) is 3.28. The van der Waals surface area contributed by atoms with E-state index < -0.39 is 6.04 Å². The number of carbonyl (C=O) groups excluding carboxylic acids is 2. The highest BCUT2D eigenvalue weighted by molar-refractivity contribution is 7.18. The lowest BCUT2D eigenvalue weighted by Crippen LogP contribution is -2.41. The third kappa shape index (κ3) is 4.72. The molecule has 8 heteroatoms. The Morgan fingerprint density at radius 3 is 2.36 bits per heavy atom. The predicted molar refractivity (Wildman–Crippen MR) is 109 cm³/mol. The molecule has 0 spiro atoms. The first-order valence-corrected chi connectivity index (χ1v) is 9.44. The second kappa shape index (κ2) is 8.62. The van der Waals surface area contributed by atoms with E-state index in [4.69, 9.17) is 4.74 Å². The van der Waals surface area contributed by atoms with Gasteiger partial charge in [0.25, 0.3) is 5.91 Å². The minimum absolute atomic E-state index is 0.307. The molecule has 2 N–H and O–H groups in total. The van der Waals surface area contributed by atoms with Crippen molar-refractivity contribution >= 4 is 28.3 Å².